The Kier molecular flexibility index (Phi) is 5.42. The molecule has 1 N–H and O–H groups in total. The molecule has 4 heteroatoms. The number of benzene rings is 2. The Labute approximate surface area is 131 Å². The van der Waals surface area contributed by atoms with Gasteiger partial charge in [0.25, 0.3) is 5.91 Å². The van der Waals surface area contributed by atoms with Gasteiger partial charge in [0.05, 0.1) is 14.2 Å². The van der Waals surface area contributed by atoms with E-state index in [1.165, 1.54) is 5.56 Å². The average molecular weight is 299 g/mol. The van der Waals surface area contributed by atoms with Gasteiger partial charge in [0.1, 0.15) is 0 Å². The number of carbonyl (C=O) groups is 1. The molecule has 1 unspecified atom stereocenters. The van der Waals surface area contributed by atoms with E-state index in [0.29, 0.717) is 17.1 Å². The molecule has 0 saturated carbocycles. The molecule has 0 aromatic heterocycles. The maximum absolute atomic E-state index is 12.3. The molecule has 0 aliphatic carbocycles. The first-order valence-corrected chi connectivity index (χ1v) is 7.21. The highest BCUT2D eigenvalue weighted by molar-refractivity contribution is 5.95. The molecule has 0 aliphatic heterocycles. The number of hydrogen-bond donors (Lipinski definition) is 1. The van der Waals surface area contributed by atoms with Gasteiger partial charge >= 0.3 is 0 Å². The molecule has 1 amide bonds. The summed E-state index contributed by atoms with van der Waals surface area (Å²) < 4.78 is 10.4. The molecule has 2 rings (SSSR count). The molecule has 0 saturated heterocycles. The minimum absolute atomic E-state index is 0.0444. The molecular formula is C18H21NO3. The zero-order valence-corrected chi connectivity index (χ0v) is 13.1. The van der Waals surface area contributed by atoms with Crippen molar-refractivity contribution in [2.75, 3.05) is 14.2 Å². The van der Waals surface area contributed by atoms with Gasteiger partial charge in [0.15, 0.2) is 11.5 Å². The van der Waals surface area contributed by atoms with Crippen LogP contribution in [0, 0.1) is 0 Å². The predicted molar refractivity (Wildman–Crippen MR) is 86.6 cm³/mol. The van der Waals surface area contributed by atoms with E-state index in [0.717, 1.165) is 6.42 Å². The Hall–Kier alpha value is -2.49. The quantitative estimate of drug-likeness (QED) is 0.891. The average Bonchev–Trinajstić information content (AvgIpc) is 2.54. The Morgan fingerprint density at radius 2 is 1.73 bits per heavy atom. The Morgan fingerprint density at radius 3 is 2.36 bits per heavy atom. The van der Waals surface area contributed by atoms with Gasteiger partial charge in [0, 0.05) is 11.6 Å². The monoisotopic (exact) mass is 299 g/mol. The van der Waals surface area contributed by atoms with Crippen LogP contribution < -0.4 is 14.8 Å². The van der Waals surface area contributed by atoms with Crippen LogP contribution in [0.3, 0.4) is 0 Å². The van der Waals surface area contributed by atoms with Gasteiger partial charge in [-0.25, -0.2) is 0 Å². The van der Waals surface area contributed by atoms with Crippen LogP contribution in [-0.2, 0) is 6.42 Å². The molecule has 2 aromatic rings. The summed E-state index contributed by atoms with van der Waals surface area (Å²) in [4.78, 5) is 12.3. The van der Waals surface area contributed by atoms with Crippen LogP contribution in [0.2, 0.25) is 0 Å². The first-order chi connectivity index (χ1) is 10.6. The molecule has 116 valence electrons. The van der Waals surface area contributed by atoms with Crippen LogP contribution in [0.25, 0.3) is 0 Å². The molecular weight excluding hydrogens is 278 g/mol. The maximum Gasteiger partial charge on any atom is 0.251 e. The smallest absolute Gasteiger partial charge is 0.251 e. The molecule has 4 nitrogen and oxygen atoms in total. The fourth-order valence-corrected chi connectivity index (χ4v) is 2.30. The van der Waals surface area contributed by atoms with Crippen LogP contribution in [-0.4, -0.2) is 26.2 Å². The zero-order valence-electron chi connectivity index (χ0n) is 13.1. The molecule has 0 bridgehead atoms. The highest BCUT2D eigenvalue weighted by Gasteiger charge is 2.13. The molecule has 0 fully saturated rings. The Morgan fingerprint density at radius 1 is 1.05 bits per heavy atom. The highest BCUT2D eigenvalue weighted by atomic mass is 16.5. The molecule has 1 atom stereocenters. The largest absolute Gasteiger partial charge is 0.493 e. The molecule has 2 aromatic carbocycles. The number of amides is 1. The SMILES string of the molecule is COc1ccc(C(=O)NC(C)Cc2ccccc2)cc1OC. The second-order valence-corrected chi connectivity index (χ2v) is 5.13. The van der Waals surface area contributed by atoms with Crippen molar-refractivity contribution >= 4 is 5.91 Å². The lowest BCUT2D eigenvalue weighted by atomic mass is 10.1. The first kappa shape index (κ1) is 15.9. The third-order valence-electron chi connectivity index (χ3n) is 3.41. The molecule has 0 spiro atoms. The first-order valence-electron chi connectivity index (χ1n) is 7.21. The second-order valence-electron chi connectivity index (χ2n) is 5.13. The molecule has 0 heterocycles. The summed E-state index contributed by atoms with van der Waals surface area (Å²) in [5, 5.41) is 3.00. The van der Waals surface area contributed by atoms with Gasteiger partial charge in [-0.3, -0.25) is 4.79 Å². The summed E-state index contributed by atoms with van der Waals surface area (Å²) in [6, 6.07) is 15.3. The lowest BCUT2D eigenvalue weighted by Gasteiger charge is -2.15. The number of nitrogens with one attached hydrogen (secondary N) is 1. The van der Waals surface area contributed by atoms with Gasteiger partial charge in [-0.2, -0.15) is 0 Å². The van der Waals surface area contributed by atoms with Crippen LogP contribution in [0.4, 0.5) is 0 Å². The highest BCUT2D eigenvalue weighted by Crippen LogP contribution is 2.27. The summed E-state index contributed by atoms with van der Waals surface area (Å²) in [7, 11) is 3.12. The topological polar surface area (TPSA) is 47.6 Å². The lowest BCUT2D eigenvalue weighted by Crippen LogP contribution is -2.34. The van der Waals surface area contributed by atoms with E-state index in [-0.39, 0.29) is 11.9 Å². The van der Waals surface area contributed by atoms with Gasteiger partial charge in [-0.1, -0.05) is 30.3 Å². The van der Waals surface area contributed by atoms with Crippen LogP contribution >= 0.6 is 0 Å². The van der Waals surface area contributed by atoms with Crippen molar-refractivity contribution in [3.63, 3.8) is 0 Å². The van der Waals surface area contributed by atoms with Crippen LogP contribution in [0.15, 0.2) is 48.5 Å². The normalized spacial score (nSPS) is 11.6. The fraction of sp³-hybridized carbons (Fsp3) is 0.278. The Bertz CT molecular complexity index is 625. The van der Waals surface area contributed by atoms with Crippen LogP contribution in [0.1, 0.15) is 22.8 Å². The molecule has 0 aliphatic rings. The predicted octanol–water partition coefficient (Wildman–Crippen LogP) is 3.06. The van der Waals surface area contributed by atoms with E-state index in [1.807, 2.05) is 25.1 Å². The number of ether oxygens (including phenoxy) is 2. The van der Waals surface area contributed by atoms with Crippen molar-refractivity contribution in [1.29, 1.82) is 0 Å². The number of carbonyl (C=O) groups excluding carboxylic acids is 1. The summed E-state index contributed by atoms with van der Waals surface area (Å²) >= 11 is 0. The van der Waals surface area contributed by atoms with Crippen molar-refractivity contribution in [3.05, 3.63) is 59.7 Å². The molecule has 22 heavy (non-hydrogen) atoms. The third-order valence-corrected chi connectivity index (χ3v) is 3.41. The van der Waals surface area contributed by atoms with Crippen molar-refractivity contribution in [2.24, 2.45) is 0 Å². The molecule has 0 radical (unpaired) electrons. The van der Waals surface area contributed by atoms with E-state index >= 15 is 0 Å². The minimum Gasteiger partial charge on any atom is -0.493 e. The number of methoxy groups -OCH3 is 2. The van der Waals surface area contributed by atoms with E-state index in [1.54, 1.807) is 32.4 Å². The number of hydrogen-bond acceptors (Lipinski definition) is 3. The van der Waals surface area contributed by atoms with E-state index < -0.39 is 0 Å². The van der Waals surface area contributed by atoms with Gasteiger partial charge in [-0.15, -0.1) is 0 Å². The summed E-state index contributed by atoms with van der Waals surface area (Å²) in [5.41, 5.74) is 1.75. The summed E-state index contributed by atoms with van der Waals surface area (Å²) in [6.07, 6.45) is 0.792. The number of rotatable bonds is 6. The fourth-order valence-electron chi connectivity index (χ4n) is 2.30. The van der Waals surface area contributed by atoms with Crippen molar-refractivity contribution in [1.82, 2.24) is 5.32 Å². The van der Waals surface area contributed by atoms with E-state index in [9.17, 15) is 4.79 Å². The standard InChI is InChI=1S/C18H21NO3/c1-13(11-14-7-5-4-6-8-14)19-18(20)15-9-10-16(21-2)17(12-15)22-3/h4-10,12-13H,11H2,1-3H3,(H,19,20). The van der Waals surface area contributed by atoms with Crippen molar-refractivity contribution < 1.29 is 14.3 Å². The zero-order chi connectivity index (χ0) is 15.9. The second kappa shape index (κ2) is 7.50. The van der Waals surface area contributed by atoms with Gasteiger partial charge < -0.3 is 14.8 Å². The van der Waals surface area contributed by atoms with Gasteiger partial charge in [-0.05, 0) is 37.1 Å². The maximum atomic E-state index is 12.3. The summed E-state index contributed by atoms with van der Waals surface area (Å²) in [5.74, 6) is 1.03. The minimum atomic E-state index is -0.121. The Balaban J connectivity index is 2.02. The lowest BCUT2D eigenvalue weighted by molar-refractivity contribution is 0.0939. The van der Waals surface area contributed by atoms with Crippen molar-refractivity contribution in [2.45, 2.75) is 19.4 Å². The van der Waals surface area contributed by atoms with E-state index in [2.05, 4.69) is 17.4 Å². The van der Waals surface area contributed by atoms with Crippen molar-refractivity contribution in [3.8, 4) is 11.5 Å². The summed E-state index contributed by atoms with van der Waals surface area (Å²) in [6.45, 7) is 1.99. The third kappa shape index (κ3) is 4.01. The van der Waals surface area contributed by atoms with Crippen LogP contribution in [0.5, 0.6) is 11.5 Å². The van der Waals surface area contributed by atoms with Gasteiger partial charge in [0.2, 0.25) is 0 Å². The van der Waals surface area contributed by atoms with E-state index in [4.69, 9.17) is 9.47 Å².